The van der Waals surface area contributed by atoms with Crippen molar-refractivity contribution in [2.75, 3.05) is 31.1 Å². The Labute approximate surface area is 124 Å². The Morgan fingerprint density at radius 1 is 1.09 bits per heavy atom. The number of nitrogens with zero attached hydrogens (tertiary/aromatic N) is 5. The molecule has 0 spiro atoms. The average molecular weight is 315 g/mol. The zero-order chi connectivity index (χ0) is 14.6. The van der Waals surface area contributed by atoms with Crippen molar-refractivity contribution in [2.45, 2.75) is 6.18 Å². The summed E-state index contributed by atoms with van der Waals surface area (Å²) in [5, 5.41) is 14.1. The molecule has 2 aliphatic heterocycles. The summed E-state index contributed by atoms with van der Waals surface area (Å²) < 4.78 is 39.4. The minimum absolute atomic E-state index is 0. The molecule has 10 heteroatoms. The van der Waals surface area contributed by atoms with E-state index in [9.17, 15) is 13.2 Å². The molecule has 2 aromatic heterocycles. The molecule has 2 aliphatic rings. The molecule has 0 saturated carbocycles. The minimum Gasteiger partial charge on any atom is -0.355 e. The van der Waals surface area contributed by atoms with Gasteiger partial charge in [-0.05, 0) is 24.0 Å². The van der Waals surface area contributed by atoms with Crippen LogP contribution in [0.3, 0.4) is 0 Å². The molecule has 2 aromatic rings. The predicted octanol–water partition coefficient (Wildman–Crippen LogP) is 0.961. The van der Waals surface area contributed by atoms with Gasteiger partial charge in [-0.15, -0.1) is 15.3 Å². The van der Waals surface area contributed by atoms with Crippen molar-refractivity contribution in [3.05, 3.63) is 18.0 Å². The first kappa shape index (κ1) is 15.0. The summed E-state index contributed by atoms with van der Waals surface area (Å²) >= 11 is 0. The zero-order valence-corrected chi connectivity index (χ0v) is 11.7. The van der Waals surface area contributed by atoms with Crippen LogP contribution in [-0.4, -0.2) is 46.0 Å². The van der Waals surface area contributed by atoms with Crippen molar-refractivity contribution >= 4 is 11.5 Å². The summed E-state index contributed by atoms with van der Waals surface area (Å²) in [6.45, 7) is 3.56. The van der Waals surface area contributed by atoms with E-state index in [4.69, 9.17) is 0 Å². The molecular formula is C12H16F3N7. The van der Waals surface area contributed by atoms with E-state index >= 15 is 0 Å². The molecule has 0 aromatic carbocycles. The number of hydrogen-bond donors (Lipinski definition) is 2. The second-order valence-corrected chi connectivity index (χ2v) is 5.57. The van der Waals surface area contributed by atoms with Crippen LogP contribution in [0.2, 0.25) is 0 Å². The maximum atomic E-state index is 12.9. The Morgan fingerprint density at radius 3 is 2.41 bits per heavy atom. The fraction of sp³-hybridized carbons (Fsp3) is 0.583. The number of anilines is 1. The van der Waals surface area contributed by atoms with Crippen LogP contribution in [0.1, 0.15) is 5.82 Å². The highest BCUT2D eigenvalue weighted by molar-refractivity contribution is 5.47. The van der Waals surface area contributed by atoms with Crippen LogP contribution in [-0.2, 0) is 6.18 Å². The molecule has 120 valence electrons. The van der Waals surface area contributed by atoms with Gasteiger partial charge in [-0.25, -0.2) is 0 Å². The van der Waals surface area contributed by atoms with Crippen molar-refractivity contribution in [1.29, 1.82) is 0 Å². The molecule has 2 unspecified atom stereocenters. The monoisotopic (exact) mass is 315 g/mol. The molecule has 2 fully saturated rings. The average Bonchev–Trinajstić information content (AvgIpc) is 3.10. The number of alkyl halides is 3. The number of hydrogen-bond acceptors (Lipinski definition) is 6. The number of nitrogens with one attached hydrogen (secondary N) is 1. The Bertz CT molecular complexity index is 671. The molecule has 0 aliphatic carbocycles. The van der Waals surface area contributed by atoms with Gasteiger partial charge in [-0.1, -0.05) is 0 Å². The summed E-state index contributed by atoms with van der Waals surface area (Å²) in [6, 6.07) is 3.23. The lowest BCUT2D eigenvalue weighted by molar-refractivity contribution is -0.146. The first-order valence-corrected chi connectivity index (χ1v) is 6.78. The van der Waals surface area contributed by atoms with Gasteiger partial charge in [0.1, 0.15) is 5.82 Å². The molecule has 4 N–H and O–H groups in total. The zero-order valence-electron chi connectivity index (χ0n) is 11.7. The Balaban J connectivity index is 0.00000144. The molecule has 22 heavy (non-hydrogen) atoms. The smallest absolute Gasteiger partial charge is 0.355 e. The number of halogens is 3. The van der Waals surface area contributed by atoms with Gasteiger partial charge in [-0.2, -0.15) is 17.7 Å². The van der Waals surface area contributed by atoms with Crippen LogP contribution in [0.25, 0.3) is 5.65 Å². The largest absolute Gasteiger partial charge is 0.453 e. The van der Waals surface area contributed by atoms with E-state index in [1.54, 1.807) is 6.07 Å². The lowest BCUT2D eigenvalue weighted by Gasteiger charge is -2.18. The first-order valence-electron chi connectivity index (χ1n) is 6.78. The minimum atomic E-state index is -4.56. The van der Waals surface area contributed by atoms with E-state index in [0.717, 1.165) is 30.7 Å². The maximum absolute atomic E-state index is 12.9. The molecule has 4 rings (SSSR count). The molecule has 2 saturated heterocycles. The van der Waals surface area contributed by atoms with Gasteiger partial charge in [0, 0.05) is 26.2 Å². The lowest BCUT2D eigenvalue weighted by Crippen LogP contribution is -2.27. The quantitative estimate of drug-likeness (QED) is 0.814. The van der Waals surface area contributed by atoms with Crippen molar-refractivity contribution in [2.24, 2.45) is 11.8 Å². The Morgan fingerprint density at radius 2 is 1.77 bits per heavy atom. The molecule has 4 heterocycles. The normalized spacial score (nSPS) is 24.6. The highest BCUT2D eigenvalue weighted by atomic mass is 19.4. The van der Waals surface area contributed by atoms with E-state index in [1.807, 2.05) is 4.90 Å². The Kier molecular flexibility index (Phi) is 3.44. The second kappa shape index (κ2) is 5.06. The number of aromatic nitrogens is 4. The van der Waals surface area contributed by atoms with Crippen LogP contribution in [0.4, 0.5) is 19.0 Å². The van der Waals surface area contributed by atoms with Crippen LogP contribution in [0, 0.1) is 11.8 Å². The van der Waals surface area contributed by atoms with Crippen molar-refractivity contribution in [3.8, 4) is 0 Å². The van der Waals surface area contributed by atoms with E-state index in [1.165, 1.54) is 6.07 Å². The number of fused-ring (bicyclic) bond motifs is 2. The van der Waals surface area contributed by atoms with Gasteiger partial charge in [0.15, 0.2) is 5.65 Å². The fourth-order valence-electron chi connectivity index (χ4n) is 3.17. The fourth-order valence-corrected chi connectivity index (χ4v) is 3.17. The summed E-state index contributed by atoms with van der Waals surface area (Å²) in [5.74, 6) is 0.554. The SMILES string of the molecule is FC(F)(F)c1nnc2ccc(N3CC4CNCC4C3)nn12.N. The van der Waals surface area contributed by atoms with Crippen LogP contribution >= 0.6 is 0 Å². The van der Waals surface area contributed by atoms with E-state index in [0.29, 0.717) is 17.7 Å². The van der Waals surface area contributed by atoms with Gasteiger partial charge >= 0.3 is 6.18 Å². The van der Waals surface area contributed by atoms with Crippen molar-refractivity contribution in [1.82, 2.24) is 31.3 Å². The molecular weight excluding hydrogens is 299 g/mol. The third kappa shape index (κ3) is 2.28. The standard InChI is InChI=1S/C12H13F3N6.H3N/c13-12(14,15)11-18-17-9-1-2-10(19-21(9)11)20-5-7-3-16-4-8(7)6-20;/h1-2,7-8,16H,3-6H2;1H3. The molecule has 7 nitrogen and oxygen atoms in total. The predicted molar refractivity (Wildman–Crippen MR) is 72.9 cm³/mol. The van der Waals surface area contributed by atoms with Gasteiger partial charge in [0.05, 0.1) is 0 Å². The number of rotatable bonds is 1. The summed E-state index contributed by atoms with van der Waals surface area (Å²) in [7, 11) is 0. The topological polar surface area (TPSA) is 93.4 Å². The lowest BCUT2D eigenvalue weighted by atomic mass is 10.0. The van der Waals surface area contributed by atoms with Gasteiger partial charge in [0.25, 0.3) is 5.82 Å². The van der Waals surface area contributed by atoms with E-state index in [2.05, 4.69) is 20.6 Å². The molecule has 0 radical (unpaired) electrons. The molecule has 0 bridgehead atoms. The van der Waals surface area contributed by atoms with Crippen LogP contribution in [0.15, 0.2) is 12.1 Å². The van der Waals surface area contributed by atoms with Gasteiger partial charge < -0.3 is 16.4 Å². The summed E-state index contributed by atoms with van der Waals surface area (Å²) in [4.78, 5) is 2.04. The van der Waals surface area contributed by atoms with E-state index in [-0.39, 0.29) is 11.8 Å². The first-order chi connectivity index (χ1) is 10.0. The third-order valence-electron chi connectivity index (χ3n) is 4.22. The maximum Gasteiger partial charge on any atom is 0.453 e. The van der Waals surface area contributed by atoms with Gasteiger partial charge in [0.2, 0.25) is 0 Å². The van der Waals surface area contributed by atoms with Crippen molar-refractivity contribution < 1.29 is 13.2 Å². The van der Waals surface area contributed by atoms with Gasteiger partial charge in [-0.3, -0.25) is 0 Å². The third-order valence-corrected chi connectivity index (χ3v) is 4.22. The van der Waals surface area contributed by atoms with Crippen LogP contribution < -0.4 is 16.4 Å². The Hall–Kier alpha value is -1.94. The molecule has 2 atom stereocenters. The summed E-state index contributed by atoms with van der Waals surface area (Å²) in [5.41, 5.74) is 0.104. The van der Waals surface area contributed by atoms with Crippen LogP contribution in [0.5, 0.6) is 0 Å². The molecule has 0 amide bonds. The highest BCUT2D eigenvalue weighted by Gasteiger charge is 2.39. The highest BCUT2D eigenvalue weighted by Crippen LogP contribution is 2.31. The summed E-state index contributed by atoms with van der Waals surface area (Å²) in [6.07, 6.45) is -4.56. The van der Waals surface area contributed by atoms with E-state index < -0.39 is 12.0 Å². The van der Waals surface area contributed by atoms with Crippen molar-refractivity contribution in [3.63, 3.8) is 0 Å². The second-order valence-electron chi connectivity index (χ2n) is 5.57.